The average Bonchev–Trinajstić information content (AvgIpc) is 2.32. The summed E-state index contributed by atoms with van der Waals surface area (Å²) >= 11 is 3.65. The third-order valence-electron chi connectivity index (χ3n) is 3.71. The van der Waals surface area contributed by atoms with Crippen LogP contribution < -0.4 is 0 Å². The quantitative estimate of drug-likeness (QED) is 0.778. The van der Waals surface area contributed by atoms with E-state index in [2.05, 4.69) is 72.3 Å². The van der Waals surface area contributed by atoms with Crippen molar-refractivity contribution in [2.45, 2.75) is 25.7 Å². The lowest BCUT2D eigenvalue weighted by Gasteiger charge is -2.36. The first-order valence-electron chi connectivity index (χ1n) is 6.10. The van der Waals surface area contributed by atoms with Crippen LogP contribution in [0.2, 0.25) is 0 Å². The SMILES string of the molecule is Cc1ccc(C2(CC#N)C=CC=CC2C)c(Br)c1. The fourth-order valence-corrected chi connectivity index (χ4v) is 3.42. The molecule has 0 radical (unpaired) electrons. The van der Waals surface area contributed by atoms with Gasteiger partial charge in [-0.15, -0.1) is 0 Å². The van der Waals surface area contributed by atoms with Gasteiger partial charge < -0.3 is 0 Å². The van der Waals surface area contributed by atoms with Gasteiger partial charge in [0.1, 0.15) is 0 Å². The largest absolute Gasteiger partial charge is 0.198 e. The van der Waals surface area contributed by atoms with Crippen LogP contribution in [0.3, 0.4) is 0 Å². The zero-order chi connectivity index (χ0) is 13.2. The molecule has 2 rings (SSSR count). The number of hydrogen-bond donors (Lipinski definition) is 0. The number of nitrogens with zero attached hydrogens (tertiary/aromatic N) is 1. The van der Waals surface area contributed by atoms with Gasteiger partial charge in [0.25, 0.3) is 0 Å². The minimum atomic E-state index is -0.212. The smallest absolute Gasteiger partial charge is 0.0634 e. The first-order valence-corrected chi connectivity index (χ1v) is 6.89. The van der Waals surface area contributed by atoms with Crippen LogP contribution in [0.15, 0.2) is 47.0 Å². The van der Waals surface area contributed by atoms with E-state index in [0.717, 1.165) is 4.47 Å². The monoisotopic (exact) mass is 301 g/mol. The molecular weight excluding hydrogens is 286 g/mol. The summed E-state index contributed by atoms with van der Waals surface area (Å²) in [5.74, 6) is 0.321. The van der Waals surface area contributed by atoms with Gasteiger partial charge in [-0.25, -0.2) is 0 Å². The molecule has 2 unspecified atom stereocenters. The Bertz CT molecular complexity index is 551. The normalized spacial score (nSPS) is 26.0. The summed E-state index contributed by atoms with van der Waals surface area (Å²) < 4.78 is 1.09. The standard InChI is InChI=1S/C16H16BrN/c1-12-6-7-14(15(17)11-12)16(9-10-18)8-4-3-5-13(16)2/h3-8,11,13H,9H2,1-2H3. The van der Waals surface area contributed by atoms with Gasteiger partial charge >= 0.3 is 0 Å². The summed E-state index contributed by atoms with van der Waals surface area (Å²) in [5, 5.41) is 9.19. The number of halogens is 1. The van der Waals surface area contributed by atoms with Crippen LogP contribution in [-0.4, -0.2) is 0 Å². The van der Waals surface area contributed by atoms with Crippen molar-refractivity contribution in [1.29, 1.82) is 5.26 Å². The molecule has 0 aliphatic heterocycles. The lowest BCUT2D eigenvalue weighted by Crippen LogP contribution is -2.32. The zero-order valence-electron chi connectivity index (χ0n) is 10.7. The molecule has 0 bridgehead atoms. The highest BCUT2D eigenvalue weighted by molar-refractivity contribution is 9.10. The van der Waals surface area contributed by atoms with Crippen LogP contribution in [0.1, 0.15) is 24.5 Å². The molecule has 0 N–H and O–H groups in total. The third-order valence-corrected chi connectivity index (χ3v) is 4.37. The maximum Gasteiger partial charge on any atom is 0.0634 e. The topological polar surface area (TPSA) is 23.8 Å². The van der Waals surface area contributed by atoms with Crippen LogP contribution in [0, 0.1) is 24.2 Å². The number of aryl methyl sites for hydroxylation is 1. The second kappa shape index (κ2) is 5.12. The summed E-state index contributed by atoms with van der Waals surface area (Å²) in [6.45, 7) is 4.25. The summed E-state index contributed by atoms with van der Waals surface area (Å²) in [5.41, 5.74) is 2.21. The molecule has 0 spiro atoms. The first kappa shape index (κ1) is 13.1. The molecule has 18 heavy (non-hydrogen) atoms. The Labute approximate surface area is 117 Å². The van der Waals surface area contributed by atoms with Crippen LogP contribution in [0.4, 0.5) is 0 Å². The second-order valence-corrected chi connectivity index (χ2v) is 5.75. The fraction of sp³-hybridized carbons (Fsp3) is 0.312. The van der Waals surface area contributed by atoms with Gasteiger partial charge in [0.15, 0.2) is 0 Å². The van der Waals surface area contributed by atoms with Gasteiger partial charge in [0.2, 0.25) is 0 Å². The van der Waals surface area contributed by atoms with E-state index in [9.17, 15) is 5.26 Å². The van der Waals surface area contributed by atoms with Gasteiger partial charge in [0, 0.05) is 16.3 Å². The molecule has 1 aromatic rings. The summed E-state index contributed by atoms with van der Waals surface area (Å²) in [7, 11) is 0. The van der Waals surface area contributed by atoms with Gasteiger partial charge in [-0.1, -0.05) is 59.3 Å². The van der Waals surface area contributed by atoms with Crippen LogP contribution in [0.5, 0.6) is 0 Å². The van der Waals surface area contributed by atoms with Crippen LogP contribution in [0.25, 0.3) is 0 Å². The molecule has 0 fully saturated rings. The molecule has 1 aliphatic carbocycles. The van der Waals surface area contributed by atoms with E-state index in [1.54, 1.807) is 0 Å². The summed E-state index contributed by atoms with van der Waals surface area (Å²) in [4.78, 5) is 0. The molecule has 1 aromatic carbocycles. The lowest BCUT2D eigenvalue weighted by atomic mass is 9.67. The second-order valence-electron chi connectivity index (χ2n) is 4.89. The Kier molecular flexibility index (Phi) is 3.73. The first-order chi connectivity index (χ1) is 8.60. The van der Waals surface area contributed by atoms with E-state index in [1.165, 1.54) is 11.1 Å². The third kappa shape index (κ3) is 2.15. The minimum Gasteiger partial charge on any atom is -0.198 e. The van der Waals surface area contributed by atoms with Crippen LogP contribution >= 0.6 is 15.9 Å². The van der Waals surface area contributed by atoms with Crippen molar-refractivity contribution in [3.8, 4) is 6.07 Å². The minimum absolute atomic E-state index is 0.212. The van der Waals surface area contributed by atoms with E-state index in [4.69, 9.17) is 0 Å². The highest BCUT2D eigenvalue weighted by Gasteiger charge is 2.36. The van der Waals surface area contributed by atoms with Crippen molar-refractivity contribution in [2.24, 2.45) is 5.92 Å². The molecule has 0 saturated carbocycles. The van der Waals surface area contributed by atoms with Crippen molar-refractivity contribution in [3.63, 3.8) is 0 Å². The van der Waals surface area contributed by atoms with Crippen molar-refractivity contribution in [3.05, 3.63) is 58.1 Å². The van der Waals surface area contributed by atoms with Crippen molar-refractivity contribution >= 4 is 15.9 Å². The Hall–Kier alpha value is -1.33. The number of rotatable bonds is 2. The number of allylic oxidation sites excluding steroid dienone is 4. The van der Waals surface area contributed by atoms with Gasteiger partial charge in [-0.3, -0.25) is 0 Å². The average molecular weight is 302 g/mol. The predicted octanol–water partition coefficient (Wildman–Crippen LogP) is 4.67. The van der Waals surface area contributed by atoms with E-state index in [-0.39, 0.29) is 5.41 Å². The molecule has 0 heterocycles. The van der Waals surface area contributed by atoms with E-state index < -0.39 is 0 Å². The molecule has 0 aromatic heterocycles. The highest BCUT2D eigenvalue weighted by atomic mass is 79.9. The Morgan fingerprint density at radius 3 is 2.78 bits per heavy atom. The molecule has 0 saturated heterocycles. The Balaban J connectivity index is 2.58. The van der Waals surface area contributed by atoms with Crippen molar-refractivity contribution in [1.82, 2.24) is 0 Å². The van der Waals surface area contributed by atoms with E-state index in [0.29, 0.717) is 12.3 Å². The van der Waals surface area contributed by atoms with Gasteiger partial charge in [-0.2, -0.15) is 5.26 Å². The maximum atomic E-state index is 9.19. The lowest BCUT2D eigenvalue weighted by molar-refractivity contribution is 0.423. The van der Waals surface area contributed by atoms with E-state index in [1.807, 2.05) is 6.08 Å². The molecule has 2 heteroatoms. The van der Waals surface area contributed by atoms with Crippen molar-refractivity contribution < 1.29 is 0 Å². The molecule has 1 aliphatic rings. The van der Waals surface area contributed by atoms with E-state index >= 15 is 0 Å². The number of hydrogen-bond acceptors (Lipinski definition) is 1. The van der Waals surface area contributed by atoms with Gasteiger partial charge in [-0.05, 0) is 30.0 Å². The maximum absolute atomic E-state index is 9.19. The number of benzene rings is 1. The van der Waals surface area contributed by atoms with Crippen molar-refractivity contribution in [2.75, 3.05) is 0 Å². The summed E-state index contributed by atoms with van der Waals surface area (Å²) in [6, 6.07) is 8.71. The molecule has 2 atom stereocenters. The van der Waals surface area contributed by atoms with Gasteiger partial charge in [0.05, 0.1) is 6.07 Å². The van der Waals surface area contributed by atoms with Crippen LogP contribution in [-0.2, 0) is 5.41 Å². The number of nitriles is 1. The molecular formula is C16H16BrN. The molecule has 92 valence electrons. The molecule has 1 nitrogen and oxygen atoms in total. The summed E-state index contributed by atoms with van der Waals surface area (Å²) in [6.07, 6.45) is 8.93. The fourth-order valence-electron chi connectivity index (χ4n) is 2.56. The highest BCUT2D eigenvalue weighted by Crippen LogP contribution is 2.43. The predicted molar refractivity (Wildman–Crippen MR) is 78.2 cm³/mol. The Morgan fingerprint density at radius 1 is 1.39 bits per heavy atom. The molecule has 0 amide bonds. The zero-order valence-corrected chi connectivity index (χ0v) is 12.2. The Morgan fingerprint density at radius 2 is 2.17 bits per heavy atom.